The maximum Gasteiger partial charge on any atom is 0.339 e. The summed E-state index contributed by atoms with van der Waals surface area (Å²) in [4.78, 5) is 41.6. The molecule has 2 amide bonds. The van der Waals surface area contributed by atoms with Crippen molar-refractivity contribution >= 4 is 46.0 Å². The number of ether oxygens (including phenoxy) is 1. The van der Waals surface area contributed by atoms with Crippen LogP contribution in [0.1, 0.15) is 44.2 Å². The molecular weight excluding hydrogens is 446 g/mol. The molecule has 3 N–H and O–H groups in total. The summed E-state index contributed by atoms with van der Waals surface area (Å²) < 4.78 is 10.9. The molecule has 4 aromatic rings. The number of primary amides is 1. The first-order valence-electron chi connectivity index (χ1n) is 11.0. The summed E-state index contributed by atoms with van der Waals surface area (Å²) in [6.45, 7) is -0.461. The monoisotopic (exact) mass is 467 g/mol. The summed E-state index contributed by atoms with van der Waals surface area (Å²) in [5.74, 6) is -0.930. The lowest BCUT2D eigenvalue weighted by Gasteiger charge is -2.12. The molecule has 0 saturated carbocycles. The molecule has 1 aliphatic carbocycles. The van der Waals surface area contributed by atoms with Crippen LogP contribution >= 0.6 is 0 Å². The Hall–Kier alpha value is -4.72. The zero-order valence-electron chi connectivity index (χ0n) is 18.6. The molecule has 0 atom stereocenters. The van der Waals surface area contributed by atoms with Gasteiger partial charge in [0.2, 0.25) is 5.91 Å². The average Bonchev–Trinajstić information content (AvgIpc) is 3.52. The third-order valence-corrected chi connectivity index (χ3v) is 5.79. The van der Waals surface area contributed by atoms with Gasteiger partial charge in [0.1, 0.15) is 5.76 Å². The summed E-state index contributed by atoms with van der Waals surface area (Å²) in [7, 11) is 0. The van der Waals surface area contributed by atoms with Crippen molar-refractivity contribution in [2.75, 3.05) is 11.9 Å². The third-order valence-electron chi connectivity index (χ3n) is 5.79. The fourth-order valence-corrected chi connectivity index (χ4v) is 4.18. The maximum atomic E-state index is 13.2. The molecule has 35 heavy (non-hydrogen) atoms. The van der Waals surface area contributed by atoms with E-state index in [0.29, 0.717) is 46.3 Å². The maximum absolute atomic E-state index is 13.2. The minimum Gasteiger partial charge on any atom is -0.465 e. The van der Waals surface area contributed by atoms with Gasteiger partial charge in [0, 0.05) is 16.6 Å². The Balaban J connectivity index is 1.38. The van der Waals surface area contributed by atoms with Gasteiger partial charge in [-0.25, -0.2) is 9.78 Å². The first-order valence-corrected chi connectivity index (χ1v) is 11.0. The van der Waals surface area contributed by atoms with Gasteiger partial charge in [-0.2, -0.15) is 0 Å². The summed E-state index contributed by atoms with van der Waals surface area (Å²) in [6, 6.07) is 17.2. The number of rotatable bonds is 6. The average molecular weight is 467 g/mol. The number of pyridine rings is 1. The van der Waals surface area contributed by atoms with Gasteiger partial charge in [0.15, 0.2) is 6.61 Å². The van der Waals surface area contributed by atoms with Crippen LogP contribution in [0.5, 0.6) is 0 Å². The Kier molecular flexibility index (Phi) is 5.85. The van der Waals surface area contributed by atoms with E-state index in [1.807, 2.05) is 42.5 Å². The van der Waals surface area contributed by atoms with E-state index in [-0.39, 0.29) is 0 Å². The number of furan rings is 1. The second kappa shape index (κ2) is 9.26. The minimum absolute atomic E-state index is 0.327. The van der Waals surface area contributed by atoms with Crippen molar-refractivity contribution in [3.63, 3.8) is 0 Å². The van der Waals surface area contributed by atoms with Crippen molar-refractivity contribution in [3.8, 4) is 0 Å². The van der Waals surface area contributed by atoms with Crippen LogP contribution in [0, 0.1) is 0 Å². The lowest BCUT2D eigenvalue weighted by Crippen LogP contribution is -2.22. The van der Waals surface area contributed by atoms with E-state index in [4.69, 9.17) is 19.9 Å². The van der Waals surface area contributed by atoms with E-state index in [1.165, 1.54) is 12.1 Å². The number of esters is 1. The highest BCUT2D eigenvalue weighted by atomic mass is 16.5. The number of fused-ring (bicyclic) bond motifs is 2. The molecule has 2 aromatic heterocycles. The van der Waals surface area contributed by atoms with Crippen molar-refractivity contribution < 1.29 is 23.5 Å². The molecule has 174 valence electrons. The minimum atomic E-state index is -0.585. The number of para-hydroxylation sites is 1. The first kappa shape index (κ1) is 22.1. The number of allylic oxidation sites excluding steroid dienone is 1. The molecule has 2 aromatic carbocycles. The third kappa shape index (κ3) is 4.54. The second-order valence-corrected chi connectivity index (χ2v) is 8.08. The molecule has 0 bridgehead atoms. The highest BCUT2D eigenvalue weighted by molar-refractivity contribution is 6.08. The van der Waals surface area contributed by atoms with Gasteiger partial charge in [-0.05, 0) is 72.5 Å². The number of anilines is 1. The van der Waals surface area contributed by atoms with E-state index in [9.17, 15) is 14.4 Å². The lowest BCUT2D eigenvalue weighted by atomic mass is 10.0. The van der Waals surface area contributed by atoms with Crippen molar-refractivity contribution in [3.05, 3.63) is 95.1 Å². The standard InChI is InChI=1S/C27H21N3O5/c28-26(32)16-7-10-18(11-8-16)29-23(31)15-35-27(33)24-20-5-1-2-6-22(20)30-25-17(9-12-21(24)25)14-19-4-3-13-34-19/h1-8,10-11,13-14H,9,12,15H2,(H2,28,32)(H,29,31). The van der Waals surface area contributed by atoms with E-state index in [2.05, 4.69) is 5.32 Å². The number of nitrogens with one attached hydrogen (secondary N) is 1. The van der Waals surface area contributed by atoms with Crippen LogP contribution in [-0.4, -0.2) is 29.4 Å². The molecule has 8 heteroatoms. The lowest BCUT2D eigenvalue weighted by molar-refractivity contribution is -0.119. The van der Waals surface area contributed by atoms with Crippen molar-refractivity contribution in [2.45, 2.75) is 12.8 Å². The van der Waals surface area contributed by atoms with Gasteiger partial charge >= 0.3 is 5.97 Å². The van der Waals surface area contributed by atoms with Crippen LogP contribution in [0.4, 0.5) is 5.69 Å². The molecule has 0 aliphatic heterocycles. The van der Waals surface area contributed by atoms with Gasteiger partial charge in [-0.1, -0.05) is 18.2 Å². The molecule has 1 aliphatic rings. The van der Waals surface area contributed by atoms with Gasteiger partial charge < -0.3 is 20.2 Å². The summed E-state index contributed by atoms with van der Waals surface area (Å²) in [6.07, 6.45) is 4.87. The van der Waals surface area contributed by atoms with Crippen molar-refractivity contribution in [1.82, 2.24) is 4.98 Å². The number of benzene rings is 2. The zero-order valence-corrected chi connectivity index (χ0v) is 18.6. The molecule has 8 nitrogen and oxygen atoms in total. The summed E-state index contributed by atoms with van der Waals surface area (Å²) >= 11 is 0. The Morgan fingerprint density at radius 3 is 2.57 bits per heavy atom. The van der Waals surface area contributed by atoms with Crippen LogP contribution in [0.25, 0.3) is 22.6 Å². The predicted octanol–water partition coefficient (Wildman–Crippen LogP) is 4.21. The fourth-order valence-electron chi connectivity index (χ4n) is 4.18. The Morgan fingerprint density at radius 2 is 1.83 bits per heavy atom. The predicted molar refractivity (Wildman–Crippen MR) is 131 cm³/mol. The van der Waals surface area contributed by atoms with Crippen LogP contribution in [0.3, 0.4) is 0 Å². The molecular formula is C27H21N3O5. The molecule has 0 saturated heterocycles. The van der Waals surface area contributed by atoms with Crippen LogP contribution in [0.2, 0.25) is 0 Å². The van der Waals surface area contributed by atoms with Gasteiger partial charge in [-0.15, -0.1) is 0 Å². The number of nitrogens with two attached hydrogens (primary N) is 1. The first-order chi connectivity index (χ1) is 17.0. The second-order valence-electron chi connectivity index (χ2n) is 8.08. The Labute approximate surface area is 200 Å². The van der Waals surface area contributed by atoms with Crippen molar-refractivity contribution in [1.29, 1.82) is 0 Å². The number of hydrogen-bond donors (Lipinski definition) is 2. The number of carbonyl (C=O) groups is 3. The van der Waals surface area contributed by atoms with Gasteiger partial charge in [0.25, 0.3) is 5.91 Å². The molecule has 0 spiro atoms. The van der Waals surface area contributed by atoms with Crippen LogP contribution in [0.15, 0.2) is 71.3 Å². The summed E-state index contributed by atoms with van der Waals surface area (Å²) in [5.41, 5.74) is 9.62. The summed E-state index contributed by atoms with van der Waals surface area (Å²) in [5, 5.41) is 3.31. The van der Waals surface area contributed by atoms with Gasteiger partial charge in [-0.3, -0.25) is 9.59 Å². The molecule has 0 fully saturated rings. The normalized spacial score (nSPS) is 13.5. The van der Waals surface area contributed by atoms with E-state index < -0.39 is 24.4 Å². The number of carbonyl (C=O) groups excluding carboxylic acids is 3. The quantitative estimate of drug-likeness (QED) is 0.409. The van der Waals surface area contributed by atoms with E-state index >= 15 is 0 Å². The van der Waals surface area contributed by atoms with E-state index in [0.717, 1.165) is 16.8 Å². The molecule has 0 unspecified atom stereocenters. The van der Waals surface area contributed by atoms with Crippen molar-refractivity contribution in [2.24, 2.45) is 5.73 Å². The number of nitrogens with zero attached hydrogens (tertiary/aromatic N) is 1. The number of amides is 2. The highest BCUT2D eigenvalue weighted by Gasteiger charge is 2.28. The Bertz CT molecular complexity index is 1470. The molecule has 5 rings (SSSR count). The smallest absolute Gasteiger partial charge is 0.339 e. The number of hydrogen-bond acceptors (Lipinski definition) is 6. The highest BCUT2D eigenvalue weighted by Crippen LogP contribution is 2.37. The Morgan fingerprint density at radius 1 is 1.03 bits per heavy atom. The topological polar surface area (TPSA) is 125 Å². The molecule has 2 heterocycles. The fraction of sp³-hybridized carbons (Fsp3) is 0.111. The van der Waals surface area contributed by atoms with E-state index in [1.54, 1.807) is 18.4 Å². The SMILES string of the molecule is NC(=O)c1ccc(NC(=O)COC(=O)c2c3c(nc4ccccc24)C(=Cc2ccco2)CC3)cc1. The molecule has 0 radical (unpaired) electrons. The zero-order chi connectivity index (χ0) is 24.4. The van der Waals surface area contributed by atoms with Crippen LogP contribution in [-0.2, 0) is 16.0 Å². The van der Waals surface area contributed by atoms with Crippen LogP contribution < -0.4 is 11.1 Å². The van der Waals surface area contributed by atoms with Gasteiger partial charge in [0.05, 0.1) is 23.0 Å². The number of aromatic nitrogens is 1. The largest absolute Gasteiger partial charge is 0.465 e.